The van der Waals surface area contributed by atoms with Gasteiger partial charge < -0.3 is 14.8 Å². The molecule has 1 heterocycles. The number of benzene rings is 2. The van der Waals surface area contributed by atoms with Crippen molar-refractivity contribution in [3.8, 4) is 11.4 Å². The summed E-state index contributed by atoms with van der Waals surface area (Å²) in [5.74, 6) is -0.0109. The number of nitrogens with one attached hydrogen (secondary N) is 1. The summed E-state index contributed by atoms with van der Waals surface area (Å²) in [6, 6.07) is 18.7. The highest BCUT2D eigenvalue weighted by molar-refractivity contribution is 5.92. The van der Waals surface area contributed by atoms with Gasteiger partial charge in [0.15, 0.2) is 12.7 Å². The molecular formula is C25H29N3O4. The van der Waals surface area contributed by atoms with Crippen LogP contribution in [0.1, 0.15) is 39.0 Å². The Morgan fingerprint density at radius 2 is 1.72 bits per heavy atom. The van der Waals surface area contributed by atoms with Crippen LogP contribution in [-0.4, -0.2) is 34.4 Å². The maximum absolute atomic E-state index is 12.5. The van der Waals surface area contributed by atoms with Gasteiger partial charge >= 0.3 is 5.97 Å². The quantitative estimate of drug-likeness (QED) is 0.555. The number of carbonyl (C=O) groups excluding carboxylic acids is 2. The first-order chi connectivity index (χ1) is 15.1. The molecule has 3 aromatic rings. The van der Waals surface area contributed by atoms with Crippen LogP contribution >= 0.6 is 0 Å². The molecule has 0 unspecified atom stereocenters. The van der Waals surface area contributed by atoms with Gasteiger partial charge in [-0.1, -0.05) is 56.7 Å². The maximum Gasteiger partial charge on any atom is 0.347 e. The fourth-order valence-electron chi connectivity index (χ4n) is 2.90. The van der Waals surface area contributed by atoms with Crippen LogP contribution < -0.4 is 10.1 Å². The van der Waals surface area contributed by atoms with Gasteiger partial charge in [-0.25, -0.2) is 9.48 Å². The van der Waals surface area contributed by atoms with Crippen LogP contribution in [0.4, 0.5) is 5.82 Å². The molecule has 0 bridgehead atoms. The summed E-state index contributed by atoms with van der Waals surface area (Å²) in [6.07, 6.45) is -0.840. The molecule has 7 heteroatoms. The van der Waals surface area contributed by atoms with E-state index in [-0.39, 0.29) is 5.41 Å². The number of amides is 1. The number of carbonyl (C=O) groups is 2. The van der Waals surface area contributed by atoms with E-state index in [1.54, 1.807) is 23.7 Å². The normalized spacial score (nSPS) is 12.2. The zero-order valence-electron chi connectivity index (χ0n) is 19.1. The lowest BCUT2D eigenvalue weighted by atomic mass is 9.92. The molecule has 1 N–H and O–H groups in total. The Labute approximate surface area is 188 Å². The minimum Gasteiger partial charge on any atom is -0.479 e. The smallest absolute Gasteiger partial charge is 0.347 e. The molecule has 0 aliphatic rings. The van der Waals surface area contributed by atoms with Gasteiger partial charge in [-0.15, -0.1) is 0 Å². The van der Waals surface area contributed by atoms with Crippen molar-refractivity contribution in [2.75, 3.05) is 11.9 Å². The molecule has 0 saturated carbocycles. The number of aromatic nitrogens is 2. The summed E-state index contributed by atoms with van der Waals surface area (Å²) in [7, 11) is 0. The van der Waals surface area contributed by atoms with Gasteiger partial charge in [0, 0.05) is 11.5 Å². The largest absolute Gasteiger partial charge is 0.479 e. The first-order valence-corrected chi connectivity index (χ1v) is 10.5. The van der Waals surface area contributed by atoms with Crippen LogP contribution in [0.3, 0.4) is 0 Å². The Kier molecular flexibility index (Phi) is 6.98. The molecule has 1 amide bonds. The number of nitrogens with zero attached hydrogens (tertiary/aromatic N) is 2. The lowest BCUT2D eigenvalue weighted by molar-refractivity contribution is -0.153. The molecule has 1 aromatic heterocycles. The second-order valence-corrected chi connectivity index (χ2v) is 8.64. The standard InChI is InChI=1S/C25H29N3O4/c1-17-11-13-20(14-12-17)32-18(2)24(30)31-16-23(29)26-22-15-21(25(3,4)5)27-28(22)19-9-7-6-8-10-19/h6-15,18H,16H2,1-5H3,(H,26,29)/t18-/m1/s1. The molecule has 0 radical (unpaired) electrons. The van der Waals surface area contributed by atoms with E-state index in [4.69, 9.17) is 9.47 Å². The molecule has 3 rings (SSSR count). The Morgan fingerprint density at radius 3 is 2.34 bits per heavy atom. The van der Waals surface area contributed by atoms with Gasteiger partial charge in [-0.05, 0) is 38.1 Å². The summed E-state index contributed by atoms with van der Waals surface area (Å²) in [4.78, 5) is 24.8. The van der Waals surface area contributed by atoms with Crippen molar-refractivity contribution in [2.45, 2.75) is 46.1 Å². The van der Waals surface area contributed by atoms with Crippen LogP contribution in [0, 0.1) is 6.92 Å². The molecule has 0 aliphatic heterocycles. The Bertz CT molecular complexity index is 1070. The summed E-state index contributed by atoms with van der Waals surface area (Å²) in [6.45, 7) is 9.27. The second kappa shape index (κ2) is 9.68. The number of hydrogen-bond acceptors (Lipinski definition) is 5. The van der Waals surface area contributed by atoms with Gasteiger partial charge in [0.05, 0.1) is 11.4 Å². The Morgan fingerprint density at radius 1 is 1.06 bits per heavy atom. The van der Waals surface area contributed by atoms with E-state index in [1.165, 1.54) is 0 Å². The third-order valence-electron chi connectivity index (χ3n) is 4.76. The summed E-state index contributed by atoms with van der Waals surface area (Å²) in [5, 5.41) is 7.45. The predicted octanol–water partition coefficient (Wildman–Crippen LogP) is 4.43. The van der Waals surface area contributed by atoms with Crippen molar-refractivity contribution in [2.24, 2.45) is 0 Å². The molecule has 0 spiro atoms. The third kappa shape index (κ3) is 5.97. The van der Waals surface area contributed by atoms with Gasteiger partial charge in [0.25, 0.3) is 5.91 Å². The Balaban J connectivity index is 1.63. The molecule has 32 heavy (non-hydrogen) atoms. The number of ether oxygens (including phenoxy) is 2. The average Bonchev–Trinajstić information content (AvgIpc) is 3.18. The molecule has 0 saturated heterocycles. The van der Waals surface area contributed by atoms with Gasteiger partial charge in [-0.2, -0.15) is 5.10 Å². The fourth-order valence-corrected chi connectivity index (χ4v) is 2.90. The molecule has 7 nitrogen and oxygen atoms in total. The van der Waals surface area contributed by atoms with E-state index < -0.39 is 24.6 Å². The van der Waals surface area contributed by atoms with Gasteiger partial charge in [0.2, 0.25) is 0 Å². The fraction of sp³-hybridized carbons (Fsp3) is 0.320. The Hall–Kier alpha value is -3.61. The number of hydrogen-bond donors (Lipinski definition) is 1. The summed E-state index contributed by atoms with van der Waals surface area (Å²) < 4.78 is 12.4. The molecule has 2 aromatic carbocycles. The molecule has 1 atom stereocenters. The van der Waals surface area contributed by atoms with E-state index >= 15 is 0 Å². The van der Waals surface area contributed by atoms with Crippen LogP contribution in [0.5, 0.6) is 5.75 Å². The van der Waals surface area contributed by atoms with E-state index in [1.807, 2.05) is 76.2 Å². The monoisotopic (exact) mass is 435 g/mol. The lowest BCUT2D eigenvalue weighted by Crippen LogP contribution is -2.30. The molecule has 168 valence electrons. The van der Waals surface area contributed by atoms with Crippen molar-refractivity contribution < 1.29 is 19.1 Å². The van der Waals surface area contributed by atoms with Crippen molar-refractivity contribution >= 4 is 17.7 Å². The van der Waals surface area contributed by atoms with Gasteiger partial charge in [-0.3, -0.25) is 4.79 Å². The number of esters is 1. The van der Waals surface area contributed by atoms with E-state index in [0.29, 0.717) is 11.6 Å². The van der Waals surface area contributed by atoms with Crippen molar-refractivity contribution in [3.05, 3.63) is 71.9 Å². The highest BCUT2D eigenvalue weighted by Crippen LogP contribution is 2.26. The molecule has 0 fully saturated rings. The van der Waals surface area contributed by atoms with E-state index in [9.17, 15) is 9.59 Å². The minimum absolute atomic E-state index is 0.200. The first kappa shape index (κ1) is 23.1. The van der Waals surface area contributed by atoms with Crippen LogP contribution in [0.25, 0.3) is 5.69 Å². The van der Waals surface area contributed by atoms with Gasteiger partial charge in [0.1, 0.15) is 11.6 Å². The zero-order valence-corrected chi connectivity index (χ0v) is 19.1. The summed E-state index contributed by atoms with van der Waals surface area (Å²) >= 11 is 0. The number of anilines is 1. The molecule has 0 aliphatic carbocycles. The average molecular weight is 436 g/mol. The summed E-state index contributed by atoms with van der Waals surface area (Å²) in [5.41, 5.74) is 2.53. The number of rotatable bonds is 7. The maximum atomic E-state index is 12.5. The lowest BCUT2D eigenvalue weighted by Gasteiger charge is -2.14. The van der Waals surface area contributed by atoms with Crippen molar-refractivity contribution in [1.29, 1.82) is 0 Å². The first-order valence-electron chi connectivity index (χ1n) is 10.5. The molecular weight excluding hydrogens is 406 g/mol. The third-order valence-corrected chi connectivity index (χ3v) is 4.76. The highest BCUT2D eigenvalue weighted by atomic mass is 16.6. The number of para-hydroxylation sites is 1. The van der Waals surface area contributed by atoms with E-state index in [0.717, 1.165) is 16.9 Å². The van der Waals surface area contributed by atoms with Crippen LogP contribution in [-0.2, 0) is 19.7 Å². The SMILES string of the molecule is Cc1ccc(O[C@H](C)C(=O)OCC(=O)Nc2cc(C(C)(C)C)nn2-c2ccccc2)cc1. The minimum atomic E-state index is -0.840. The topological polar surface area (TPSA) is 82.4 Å². The highest BCUT2D eigenvalue weighted by Gasteiger charge is 2.22. The predicted molar refractivity (Wildman–Crippen MR) is 123 cm³/mol. The van der Waals surface area contributed by atoms with Crippen LogP contribution in [0.2, 0.25) is 0 Å². The second-order valence-electron chi connectivity index (χ2n) is 8.64. The van der Waals surface area contributed by atoms with Crippen LogP contribution in [0.15, 0.2) is 60.7 Å². The zero-order chi connectivity index (χ0) is 23.3. The number of aryl methyl sites for hydroxylation is 1. The van der Waals surface area contributed by atoms with E-state index in [2.05, 4.69) is 10.4 Å². The van der Waals surface area contributed by atoms with Crippen molar-refractivity contribution in [1.82, 2.24) is 9.78 Å². The van der Waals surface area contributed by atoms with Crippen molar-refractivity contribution in [3.63, 3.8) is 0 Å².